The molecule has 0 bridgehead atoms. The molecule has 1 aliphatic rings. The number of nitrogens with zero attached hydrogens (tertiary/aromatic N) is 1. The quantitative estimate of drug-likeness (QED) is 0.865. The zero-order valence-corrected chi connectivity index (χ0v) is 10.3. The third kappa shape index (κ3) is 2.67. The van der Waals surface area contributed by atoms with Crippen LogP contribution in [0.2, 0.25) is 0 Å². The predicted octanol–water partition coefficient (Wildman–Crippen LogP) is 1.94. The highest BCUT2D eigenvalue weighted by Crippen LogP contribution is 2.22. The fourth-order valence-corrected chi connectivity index (χ4v) is 2.37. The lowest BCUT2D eigenvalue weighted by molar-refractivity contribution is -0.131. The summed E-state index contributed by atoms with van der Waals surface area (Å²) >= 11 is 0. The Balaban J connectivity index is 2.01. The van der Waals surface area contributed by atoms with Crippen LogP contribution in [0, 0.1) is 5.92 Å². The van der Waals surface area contributed by atoms with Gasteiger partial charge in [-0.1, -0.05) is 43.7 Å². The van der Waals surface area contributed by atoms with E-state index in [0.717, 1.165) is 31.5 Å². The van der Waals surface area contributed by atoms with Crippen LogP contribution in [0.25, 0.3) is 0 Å². The molecule has 1 aromatic rings. The third-order valence-corrected chi connectivity index (χ3v) is 3.60. The fraction of sp³-hybridized carbons (Fsp3) is 0.500. The second kappa shape index (κ2) is 5.32. The second-order valence-electron chi connectivity index (χ2n) is 4.74. The largest absolute Gasteiger partial charge is 0.341 e. The van der Waals surface area contributed by atoms with Crippen LogP contribution in [-0.2, 0) is 4.79 Å². The van der Waals surface area contributed by atoms with Crippen molar-refractivity contribution < 1.29 is 4.79 Å². The molecule has 1 saturated heterocycles. The average molecular weight is 232 g/mol. The molecule has 1 aliphatic heterocycles. The summed E-state index contributed by atoms with van der Waals surface area (Å²) in [4.78, 5) is 14.1. The molecule has 0 radical (unpaired) electrons. The molecule has 0 spiro atoms. The molecule has 0 saturated carbocycles. The van der Waals surface area contributed by atoms with E-state index in [-0.39, 0.29) is 5.91 Å². The number of carbonyl (C=O) groups is 1. The van der Waals surface area contributed by atoms with E-state index in [2.05, 4.69) is 6.92 Å². The van der Waals surface area contributed by atoms with Gasteiger partial charge in [0.15, 0.2) is 0 Å². The standard InChI is InChI=1S/C14H20N2O/c1-2-11-8-9-16(10-11)14(17)13(15)12-6-4-3-5-7-12/h3-7,11,13H,2,8-10,15H2,1H3. The molecule has 2 atom stereocenters. The van der Waals surface area contributed by atoms with Crippen molar-refractivity contribution in [3.63, 3.8) is 0 Å². The fourth-order valence-electron chi connectivity index (χ4n) is 2.37. The molecule has 3 heteroatoms. The second-order valence-corrected chi connectivity index (χ2v) is 4.74. The van der Waals surface area contributed by atoms with Crippen molar-refractivity contribution in [1.29, 1.82) is 0 Å². The van der Waals surface area contributed by atoms with Gasteiger partial charge in [-0.25, -0.2) is 0 Å². The highest BCUT2D eigenvalue weighted by Gasteiger charge is 2.28. The van der Waals surface area contributed by atoms with Gasteiger partial charge in [-0.2, -0.15) is 0 Å². The van der Waals surface area contributed by atoms with Crippen molar-refractivity contribution in [2.24, 2.45) is 11.7 Å². The van der Waals surface area contributed by atoms with Gasteiger partial charge in [0.25, 0.3) is 0 Å². The van der Waals surface area contributed by atoms with E-state index in [4.69, 9.17) is 5.73 Å². The van der Waals surface area contributed by atoms with E-state index in [0.29, 0.717) is 5.92 Å². The molecule has 2 rings (SSSR count). The summed E-state index contributed by atoms with van der Waals surface area (Å²) < 4.78 is 0. The van der Waals surface area contributed by atoms with Crippen LogP contribution >= 0.6 is 0 Å². The summed E-state index contributed by atoms with van der Waals surface area (Å²) in [6.07, 6.45) is 2.26. The summed E-state index contributed by atoms with van der Waals surface area (Å²) in [6.45, 7) is 3.91. The molecule has 17 heavy (non-hydrogen) atoms. The van der Waals surface area contributed by atoms with Crippen LogP contribution in [0.5, 0.6) is 0 Å². The molecule has 92 valence electrons. The molecule has 3 nitrogen and oxygen atoms in total. The van der Waals surface area contributed by atoms with Crippen LogP contribution in [0.4, 0.5) is 0 Å². The van der Waals surface area contributed by atoms with E-state index in [1.165, 1.54) is 0 Å². The summed E-state index contributed by atoms with van der Waals surface area (Å²) in [7, 11) is 0. The first-order valence-corrected chi connectivity index (χ1v) is 6.31. The first-order valence-electron chi connectivity index (χ1n) is 6.31. The van der Waals surface area contributed by atoms with E-state index in [1.54, 1.807) is 0 Å². The van der Waals surface area contributed by atoms with Gasteiger partial charge < -0.3 is 10.6 Å². The maximum absolute atomic E-state index is 12.2. The highest BCUT2D eigenvalue weighted by atomic mass is 16.2. The normalized spacial score (nSPS) is 21.5. The van der Waals surface area contributed by atoms with Gasteiger partial charge in [-0.15, -0.1) is 0 Å². The summed E-state index contributed by atoms with van der Waals surface area (Å²) in [5.41, 5.74) is 6.91. The SMILES string of the molecule is CCC1CCN(C(=O)C(N)c2ccccc2)C1. The Morgan fingerprint density at radius 3 is 2.76 bits per heavy atom. The lowest BCUT2D eigenvalue weighted by Gasteiger charge is -2.21. The first-order chi connectivity index (χ1) is 8.22. The van der Waals surface area contributed by atoms with E-state index < -0.39 is 6.04 Å². The van der Waals surface area contributed by atoms with Crippen LogP contribution in [0.3, 0.4) is 0 Å². The number of carbonyl (C=O) groups excluding carboxylic acids is 1. The van der Waals surface area contributed by atoms with Gasteiger partial charge in [0, 0.05) is 13.1 Å². The Morgan fingerprint density at radius 2 is 2.18 bits per heavy atom. The van der Waals surface area contributed by atoms with Gasteiger partial charge in [0.1, 0.15) is 6.04 Å². The molecule has 1 aromatic carbocycles. The van der Waals surface area contributed by atoms with Crippen LogP contribution in [0.15, 0.2) is 30.3 Å². The van der Waals surface area contributed by atoms with Crippen molar-refractivity contribution in [2.45, 2.75) is 25.8 Å². The Morgan fingerprint density at radius 1 is 1.47 bits per heavy atom. The zero-order valence-electron chi connectivity index (χ0n) is 10.3. The number of likely N-dealkylation sites (tertiary alicyclic amines) is 1. The molecule has 2 unspecified atom stereocenters. The molecule has 0 aromatic heterocycles. The summed E-state index contributed by atoms with van der Waals surface area (Å²) in [5.74, 6) is 0.717. The highest BCUT2D eigenvalue weighted by molar-refractivity contribution is 5.83. The predicted molar refractivity (Wildman–Crippen MR) is 68.3 cm³/mol. The molecule has 2 N–H and O–H groups in total. The maximum Gasteiger partial charge on any atom is 0.244 e. The number of benzene rings is 1. The van der Waals surface area contributed by atoms with Crippen LogP contribution < -0.4 is 5.73 Å². The topological polar surface area (TPSA) is 46.3 Å². The lowest BCUT2D eigenvalue weighted by atomic mass is 10.1. The number of hydrogen-bond donors (Lipinski definition) is 1. The Labute approximate surface area is 103 Å². The van der Waals surface area contributed by atoms with E-state index >= 15 is 0 Å². The van der Waals surface area contributed by atoms with Crippen molar-refractivity contribution in [3.05, 3.63) is 35.9 Å². The van der Waals surface area contributed by atoms with Gasteiger partial charge in [0.05, 0.1) is 0 Å². The van der Waals surface area contributed by atoms with Crippen molar-refractivity contribution in [2.75, 3.05) is 13.1 Å². The van der Waals surface area contributed by atoms with Gasteiger partial charge in [-0.05, 0) is 17.9 Å². The molecule has 1 amide bonds. The average Bonchev–Trinajstić information content (AvgIpc) is 2.87. The Hall–Kier alpha value is -1.35. The number of nitrogens with two attached hydrogens (primary N) is 1. The number of hydrogen-bond acceptors (Lipinski definition) is 2. The molecule has 0 aliphatic carbocycles. The number of amides is 1. The summed E-state index contributed by atoms with van der Waals surface area (Å²) in [6, 6.07) is 9.09. The molecule has 1 heterocycles. The van der Waals surface area contributed by atoms with Crippen molar-refractivity contribution in [3.8, 4) is 0 Å². The minimum Gasteiger partial charge on any atom is -0.341 e. The van der Waals surface area contributed by atoms with Crippen molar-refractivity contribution >= 4 is 5.91 Å². The van der Waals surface area contributed by atoms with E-state index in [9.17, 15) is 4.79 Å². The van der Waals surface area contributed by atoms with Crippen molar-refractivity contribution in [1.82, 2.24) is 4.90 Å². The van der Waals surface area contributed by atoms with Gasteiger partial charge in [-0.3, -0.25) is 4.79 Å². The van der Waals surface area contributed by atoms with Gasteiger partial charge in [0.2, 0.25) is 5.91 Å². The lowest BCUT2D eigenvalue weighted by Crippen LogP contribution is -2.37. The molecular formula is C14H20N2O. The maximum atomic E-state index is 12.2. The molecule has 1 fully saturated rings. The number of rotatable bonds is 3. The smallest absolute Gasteiger partial charge is 0.244 e. The zero-order chi connectivity index (χ0) is 12.3. The van der Waals surface area contributed by atoms with Gasteiger partial charge >= 0.3 is 0 Å². The van der Waals surface area contributed by atoms with E-state index in [1.807, 2.05) is 35.2 Å². The molecular weight excluding hydrogens is 212 g/mol. The van der Waals surface area contributed by atoms with Crippen LogP contribution in [0.1, 0.15) is 31.4 Å². The minimum atomic E-state index is -0.508. The minimum absolute atomic E-state index is 0.0622. The Bertz CT molecular complexity index is 377. The Kier molecular flexibility index (Phi) is 3.79. The summed E-state index contributed by atoms with van der Waals surface area (Å²) in [5, 5.41) is 0. The first kappa shape index (κ1) is 12.1. The third-order valence-electron chi connectivity index (χ3n) is 3.60. The monoisotopic (exact) mass is 232 g/mol. The van der Waals surface area contributed by atoms with Crippen LogP contribution in [-0.4, -0.2) is 23.9 Å².